The Morgan fingerprint density at radius 3 is 2.29 bits per heavy atom. The number of carboxylic acid groups (broad SMARTS) is 1. The number of ether oxygens (including phenoxy) is 2. The molecule has 0 heterocycles. The SMILES string of the molecule is C[C@@H](CC(=O)O)Oc1ccc(OCc2ccccc2)cc1. The summed E-state index contributed by atoms with van der Waals surface area (Å²) in [5, 5.41) is 8.68. The molecular formula is C17H18O4. The average Bonchev–Trinajstić information content (AvgIpc) is 2.47. The minimum absolute atomic E-state index is 0.0216. The molecule has 0 bridgehead atoms. The summed E-state index contributed by atoms with van der Waals surface area (Å²) in [5.74, 6) is 0.512. The van der Waals surface area contributed by atoms with Crippen molar-refractivity contribution in [3.63, 3.8) is 0 Å². The predicted octanol–water partition coefficient (Wildman–Crippen LogP) is 3.51. The predicted molar refractivity (Wildman–Crippen MR) is 79.6 cm³/mol. The van der Waals surface area contributed by atoms with E-state index in [1.54, 1.807) is 19.1 Å². The van der Waals surface area contributed by atoms with Crippen LogP contribution in [0.4, 0.5) is 0 Å². The van der Waals surface area contributed by atoms with Crippen LogP contribution in [0.25, 0.3) is 0 Å². The standard InChI is InChI=1S/C17H18O4/c1-13(11-17(18)19)21-16-9-7-15(8-10-16)20-12-14-5-3-2-4-6-14/h2-10,13H,11-12H2,1H3,(H,18,19)/t13-/m0/s1. The van der Waals surface area contributed by atoms with Crippen LogP contribution < -0.4 is 9.47 Å². The van der Waals surface area contributed by atoms with Crippen molar-refractivity contribution in [3.8, 4) is 11.5 Å². The molecule has 0 radical (unpaired) electrons. The highest BCUT2D eigenvalue weighted by Crippen LogP contribution is 2.20. The van der Waals surface area contributed by atoms with E-state index in [2.05, 4.69) is 0 Å². The van der Waals surface area contributed by atoms with E-state index in [0.29, 0.717) is 12.4 Å². The lowest BCUT2D eigenvalue weighted by molar-refractivity contribution is -0.138. The topological polar surface area (TPSA) is 55.8 Å². The minimum Gasteiger partial charge on any atom is -0.490 e. The fourth-order valence-corrected chi connectivity index (χ4v) is 1.88. The van der Waals surface area contributed by atoms with Crippen molar-refractivity contribution in [3.05, 3.63) is 60.2 Å². The Morgan fingerprint density at radius 2 is 1.67 bits per heavy atom. The molecule has 4 heteroatoms. The van der Waals surface area contributed by atoms with Gasteiger partial charge in [0, 0.05) is 0 Å². The van der Waals surface area contributed by atoms with Gasteiger partial charge in [-0.25, -0.2) is 0 Å². The number of hydrogen-bond acceptors (Lipinski definition) is 3. The number of hydrogen-bond donors (Lipinski definition) is 1. The molecule has 1 N–H and O–H groups in total. The maximum atomic E-state index is 10.6. The Kier molecular flexibility index (Phi) is 5.21. The molecular weight excluding hydrogens is 268 g/mol. The van der Waals surface area contributed by atoms with Crippen LogP contribution in [0.5, 0.6) is 11.5 Å². The van der Waals surface area contributed by atoms with Gasteiger partial charge in [-0.3, -0.25) is 4.79 Å². The Morgan fingerprint density at radius 1 is 1.05 bits per heavy atom. The summed E-state index contributed by atoms with van der Waals surface area (Å²) in [6.45, 7) is 2.24. The third-order valence-electron chi connectivity index (χ3n) is 2.87. The van der Waals surface area contributed by atoms with Gasteiger partial charge in [0.15, 0.2) is 0 Å². The van der Waals surface area contributed by atoms with Crippen LogP contribution in [-0.4, -0.2) is 17.2 Å². The molecule has 0 amide bonds. The lowest BCUT2D eigenvalue weighted by Crippen LogP contribution is -2.16. The first kappa shape index (κ1) is 14.9. The van der Waals surface area contributed by atoms with Gasteiger partial charge in [-0.15, -0.1) is 0 Å². The van der Waals surface area contributed by atoms with Crippen molar-refractivity contribution in [1.29, 1.82) is 0 Å². The van der Waals surface area contributed by atoms with E-state index in [1.165, 1.54) is 0 Å². The van der Waals surface area contributed by atoms with Gasteiger partial charge in [0.05, 0.1) is 6.42 Å². The summed E-state index contributed by atoms with van der Waals surface area (Å²) >= 11 is 0. The van der Waals surface area contributed by atoms with E-state index in [1.807, 2.05) is 42.5 Å². The molecule has 21 heavy (non-hydrogen) atoms. The van der Waals surface area contributed by atoms with E-state index in [9.17, 15) is 4.79 Å². The van der Waals surface area contributed by atoms with Crippen LogP contribution in [0.2, 0.25) is 0 Å². The van der Waals surface area contributed by atoms with Crippen molar-refractivity contribution in [2.45, 2.75) is 26.1 Å². The second kappa shape index (κ2) is 7.33. The lowest BCUT2D eigenvalue weighted by atomic mass is 10.2. The Hall–Kier alpha value is -2.49. The molecule has 2 aromatic carbocycles. The minimum atomic E-state index is -0.870. The molecule has 110 valence electrons. The molecule has 2 aromatic rings. The summed E-state index contributed by atoms with van der Waals surface area (Å²) in [6, 6.07) is 17.1. The average molecular weight is 286 g/mol. The van der Waals surface area contributed by atoms with Gasteiger partial charge in [0.25, 0.3) is 0 Å². The monoisotopic (exact) mass is 286 g/mol. The quantitative estimate of drug-likeness (QED) is 0.846. The highest BCUT2D eigenvalue weighted by atomic mass is 16.5. The van der Waals surface area contributed by atoms with Gasteiger partial charge in [-0.05, 0) is 36.8 Å². The smallest absolute Gasteiger partial charge is 0.307 e. The molecule has 0 saturated heterocycles. The lowest BCUT2D eigenvalue weighted by Gasteiger charge is -2.13. The molecule has 0 aliphatic heterocycles. The van der Waals surface area contributed by atoms with Gasteiger partial charge in [0.2, 0.25) is 0 Å². The zero-order valence-corrected chi connectivity index (χ0v) is 11.9. The fraction of sp³-hybridized carbons (Fsp3) is 0.235. The Balaban J connectivity index is 1.85. The molecule has 4 nitrogen and oxygen atoms in total. The highest BCUT2D eigenvalue weighted by Gasteiger charge is 2.09. The molecule has 2 rings (SSSR count). The number of aliphatic carboxylic acids is 1. The molecule has 0 aliphatic rings. The van der Waals surface area contributed by atoms with Crippen molar-refractivity contribution in [2.24, 2.45) is 0 Å². The number of benzene rings is 2. The molecule has 1 atom stereocenters. The Labute approximate surface area is 123 Å². The van der Waals surface area contributed by atoms with Gasteiger partial charge in [-0.2, -0.15) is 0 Å². The summed E-state index contributed by atoms with van der Waals surface area (Å²) in [7, 11) is 0. The largest absolute Gasteiger partial charge is 0.490 e. The van der Waals surface area contributed by atoms with E-state index in [-0.39, 0.29) is 12.5 Å². The van der Waals surface area contributed by atoms with Crippen molar-refractivity contribution in [1.82, 2.24) is 0 Å². The molecule has 0 aliphatic carbocycles. The maximum Gasteiger partial charge on any atom is 0.307 e. The molecule has 0 aromatic heterocycles. The summed E-state index contributed by atoms with van der Waals surface area (Å²) < 4.78 is 11.2. The second-order valence-corrected chi connectivity index (χ2v) is 4.77. The van der Waals surface area contributed by atoms with E-state index in [4.69, 9.17) is 14.6 Å². The first-order chi connectivity index (χ1) is 10.1. The van der Waals surface area contributed by atoms with E-state index in [0.717, 1.165) is 11.3 Å². The van der Waals surface area contributed by atoms with Crippen LogP contribution in [0, 0.1) is 0 Å². The zero-order chi connectivity index (χ0) is 15.1. The maximum absolute atomic E-state index is 10.6. The first-order valence-electron chi connectivity index (χ1n) is 6.79. The third kappa shape index (κ3) is 5.18. The van der Waals surface area contributed by atoms with Crippen LogP contribution in [-0.2, 0) is 11.4 Å². The summed E-state index contributed by atoms with van der Waals surface area (Å²) in [5.41, 5.74) is 1.10. The third-order valence-corrected chi connectivity index (χ3v) is 2.87. The molecule has 0 spiro atoms. The Bertz CT molecular complexity index is 563. The second-order valence-electron chi connectivity index (χ2n) is 4.77. The van der Waals surface area contributed by atoms with Gasteiger partial charge in [-0.1, -0.05) is 30.3 Å². The zero-order valence-electron chi connectivity index (χ0n) is 11.9. The number of carboxylic acids is 1. The van der Waals surface area contributed by atoms with Crippen molar-refractivity contribution in [2.75, 3.05) is 0 Å². The summed E-state index contributed by atoms with van der Waals surface area (Å²) in [4.78, 5) is 10.6. The first-order valence-corrected chi connectivity index (χ1v) is 6.79. The van der Waals surface area contributed by atoms with E-state index >= 15 is 0 Å². The van der Waals surface area contributed by atoms with Crippen LogP contribution in [0.3, 0.4) is 0 Å². The number of rotatable bonds is 7. The van der Waals surface area contributed by atoms with Crippen molar-refractivity contribution < 1.29 is 19.4 Å². The summed E-state index contributed by atoms with van der Waals surface area (Å²) in [6.07, 6.45) is -0.384. The highest BCUT2D eigenvalue weighted by molar-refractivity contribution is 5.67. The molecule has 0 unspecified atom stereocenters. The van der Waals surface area contributed by atoms with Gasteiger partial charge < -0.3 is 14.6 Å². The fourth-order valence-electron chi connectivity index (χ4n) is 1.88. The van der Waals surface area contributed by atoms with Gasteiger partial charge in [0.1, 0.15) is 24.2 Å². The van der Waals surface area contributed by atoms with Crippen LogP contribution in [0.1, 0.15) is 18.9 Å². The van der Waals surface area contributed by atoms with Crippen LogP contribution in [0.15, 0.2) is 54.6 Å². The molecule has 0 saturated carbocycles. The molecule has 0 fully saturated rings. The van der Waals surface area contributed by atoms with Gasteiger partial charge >= 0.3 is 5.97 Å². The number of carbonyl (C=O) groups is 1. The van der Waals surface area contributed by atoms with Crippen molar-refractivity contribution >= 4 is 5.97 Å². The van der Waals surface area contributed by atoms with Crippen LogP contribution >= 0.6 is 0 Å². The normalized spacial score (nSPS) is 11.7. The van der Waals surface area contributed by atoms with E-state index < -0.39 is 5.97 Å².